The molecule has 1 atom stereocenters. The van der Waals surface area contributed by atoms with Crippen molar-refractivity contribution in [1.29, 1.82) is 0 Å². The van der Waals surface area contributed by atoms with E-state index in [2.05, 4.69) is 20.2 Å². The second kappa shape index (κ2) is 7.25. The van der Waals surface area contributed by atoms with Crippen LogP contribution in [0.5, 0.6) is 0 Å². The SMILES string of the molecule is CCn1ccc(C(=O)N[C@H]2CCCN(c3ncccn3)C2)cc1=O. The van der Waals surface area contributed by atoms with Gasteiger partial charge in [0.15, 0.2) is 0 Å². The highest BCUT2D eigenvalue weighted by atomic mass is 16.2. The van der Waals surface area contributed by atoms with Crippen LogP contribution in [-0.4, -0.2) is 39.6 Å². The highest BCUT2D eigenvalue weighted by Crippen LogP contribution is 2.15. The fourth-order valence-corrected chi connectivity index (χ4v) is 2.91. The van der Waals surface area contributed by atoms with Crippen molar-refractivity contribution in [2.75, 3.05) is 18.0 Å². The van der Waals surface area contributed by atoms with Crippen LogP contribution in [0.25, 0.3) is 0 Å². The van der Waals surface area contributed by atoms with E-state index in [1.54, 1.807) is 35.3 Å². The standard InChI is InChI=1S/C17H21N5O2/c1-2-21-10-6-13(11-15(21)23)16(24)20-14-5-3-9-22(12-14)17-18-7-4-8-19-17/h4,6-8,10-11,14H,2-3,5,9,12H2,1H3,(H,20,24)/t14-/m0/s1. The molecule has 1 aliphatic rings. The van der Waals surface area contributed by atoms with Gasteiger partial charge in [0.1, 0.15) is 0 Å². The smallest absolute Gasteiger partial charge is 0.251 e. The molecule has 7 nitrogen and oxygen atoms in total. The maximum atomic E-state index is 12.4. The first-order valence-corrected chi connectivity index (χ1v) is 8.20. The van der Waals surface area contributed by atoms with Gasteiger partial charge < -0.3 is 14.8 Å². The number of pyridine rings is 1. The van der Waals surface area contributed by atoms with Crippen LogP contribution < -0.4 is 15.8 Å². The maximum absolute atomic E-state index is 12.4. The molecule has 1 N–H and O–H groups in total. The summed E-state index contributed by atoms with van der Waals surface area (Å²) in [5.41, 5.74) is 0.242. The third-order valence-electron chi connectivity index (χ3n) is 4.19. The van der Waals surface area contributed by atoms with Gasteiger partial charge in [-0.2, -0.15) is 0 Å². The van der Waals surface area contributed by atoms with Crippen LogP contribution in [0.4, 0.5) is 5.95 Å². The minimum atomic E-state index is -0.212. The third kappa shape index (κ3) is 3.61. The van der Waals surface area contributed by atoms with Crippen LogP contribution in [0.1, 0.15) is 30.1 Å². The fraction of sp³-hybridized carbons (Fsp3) is 0.412. The van der Waals surface area contributed by atoms with Crippen molar-refractivity contribution in [2.45, 2.75) is 32.4 Å². The van der Waals surface area contributed by atoms with Crippen LogP contribution in [0.15, 0.2) is 41.6 Å². The van der Waals surface area contributed by atoms with Gasteiger partial charge in [0, 0.05) is 55.9 Å². The van der Waals surface area contributed by atoms with E-state index in [4.69, 9.17) is 0 Å². The summed E-state index contributed by atoms with van der Waals surface area (Å²) in [6.07, 6.45) is 6.95. The molecule has 7 heteroatoms. The lowest BCUT2D eigenvalue weighted by Crippen LogP contribution is -2.48. The molecule has 0 saturated carbocycles. The molecule has 0 unspecified atom stereocenters. The average molecular weight is 327 g/mol. The summed E-state index contributed by atoms with van der Waals surface area (Å²) in [5.74, 6) is 0.471. The van der Waals surface area contributed by atoms with Crippen molar-refractivity contribution in [3.8, 4) is 0 Å². The molecule has 1 fully saturated rings. The molecular weight excluding hydrogens is 306 g/mol. The van der Waals surface area contributed by atoms with E-state index < -0.39 is 0 Å². The Morgan fingerprint density at radius 1 is 1.38 bits per heavy atom. The van der Waals surface area contributed by atoms with Crippen LogP contribution >= 0.6 is 0 Å². The molecule has 0 aliphatic carbocycles. The number of aryl methyl sites for hydroxylation is 1. The topological polar surface area (TPSA) is 80.1 Å². The van der Waals surface area contributed by atoms with E-state index in [0.717, 1.165) is 19.4 Å². The zero-order chi connectivity index (χ0) is 16.9. The van der Waals surface area contributed by atoms with E-state index in [9.17, 15) is 9.59 Å². The molecule has 2 aromatic rings. The van der Waals surface area contributed by atoms with Crippen molar-refractivity contribution in [1.82, 2.24) is 19.9 Å². The Bertz CT molecular complexity index is 759. The Balaban J connectivity index is 1.66. The van der Waals surface area contributed by atoms with Gasteiger partial charge in [0.05, 0.1) is 0 Å². The van der Waals surface area contributed by atoms with E-state index in [1.807, 2.05) is 6.92 Å². The molecule has 0 bridgehead atoms. The molecule has 0 spiro atoms. The molecule has 2 aromatic heterocycles. The highest BCUT2D eigenvalue weighted by molar-refractivity contribution is 5.94. The Kier molecular flexibility index (Phi) is 4.88. The van der Waals surface area contributed by atoms with Crippen molar-refractivity contribution in [2.24, 2.45) is 0 Å². The summed E-state index contributed by atoms with van der Waals surface area (Å²) in [5, 5.41) is 3.02. The lowest BCUT2D eigenvalue weighted by molar-refractivity contribution is 0.0932. The quantitative estimate of drug-likeness (QED) is 0.908. The molecule has 24 heavy (non-hydrogen) atoms. The maximum Gasteiger partial charge on any atom is 0.251 e. The minimum Gasteiger partial charge on any atom is -0.348 e. The number of nitrogens with one attached hydrogen (secondary N) is 1. The van der Waals surface area contributed by atoms with Crippen molar-refractivity contribution >= 4 is 11.9 Å². The lowest BCUT2D eigenvalue weighted by Gasteiger charge is -2.33. The summed E-state index contributed by atoms with van der Waals surface area (Å²) < 4.78 is 1.56. The van der Waals surface area contributed by atoms with Crippen molar-refractivity contribution in [3.05, 3.63) is 52.7 Å². The largest absolute Gasteiger partial charge is 0.348 e. The predicted molar refractivity (Wildman–Crippen MR) is 91.1 cm³/mol. The summed E-state index contributed by atoms with van der Waals surface area (Å²) in [4.78, 5) is 34.9. The summed E-state index contributed by atoms with van der Waals surface area (Å²) in [6, 6.07) is 4.87. The van der Waals surface area contributed by atoms with E-state index >= 15 is 0 Å². The molecule has 3 rings (SSSR count). The first-order chi connectivity index (χ1) is 11.7. The number of carbonyl (C=O) groups is 1. The Labute approximate surface area is 140 Å². The number of rotatable bonds is 4. The van der Waals surface area contributed by atoms with Crippen LogP contribution in [0.3, 0.4) is 0 Å². The highest BCUT2D eigenvalue weighted by Gasteiger charge is 2.23. The number of nitrogens with zero attached hydrogens (tertiary/aromatic N) is 4. The van der Waals surface area contributed by atoms with E-state index in [0.29, 0.717) is 24.6 Å². The van der Waals surface area contributed by atoms with Crippen molar-refractivity contribution in [3.63, 3.8) is 0 Å². The second-order valence-electron chi connectivity index (χ2n) is 5.85. The summed E-state index contributed by atoms with van der Waals surface area (Å²) in [6.45, 7) is 4.03. The summed E-state index contributed by atoms with van der Waals surface area (Å²) >= 11 is 0. The van der Waals surface area contributed by atoms with Gasteiger partial charge in [0.2, 0.25) is 5.95 Å². The van der Waals surface area contributed by atoms with Gasteiger partial charge in [-0.05, 0) is 31.9 Å². The number of piperidine rings is 1. The predicted octanol–water partition coefficient (Wildman–Crippen LogP) is 1.06. The molecule has 0 aromatic carbocycles. The number of amides is 1. The third-order valence-corrected chi connectivity index (χ3v) is 4.19. The van der Waals surface area contributed by atoms with Gasteiger partial charge in [-0.25, -0.2) is 9.97 Å². The molecule has 1 saturated heterocycles. The zero-order valence-electron chi connectivity index (χ0n) is 13.7. The Hall–Kier alpha value is -2.70. The van der Waals surface area contributed by atoms with E-state index in [1.165, 1.54) is 6.07 Å². The van der Waals surface area contributed by atoms with Crippen LogP contribution in [0, 0.1) is 0 Å². The lowest BCUT2D eigenvalue weighted by atomic mass is 10.1. The van der Waals surface area contributed by atoms with Crippen LogP contribution in [-0.2, 0) is 6.54 Å². The Morgan fingerprint density at radius 2 is 2.17 bits per heavy atom. The minimum absolute atomic E-state index is 0.0173. The molecule has 3 heterocycles. The number of hydrogen-bond acceptors (Lipinski definition) is 5. The number of hydrogen-bond donors (Lipinski definition) is 1. The number of anilines is 1. The number of carbonyl (C=O) groups excluding carboxylic acids is 1. The second-order valence-corrected chi connectivity index (χ2v) is 5.85. The fourth-order valence-electron chi connectivity index (χ4n) is 2.91. The molecular formula is C17H21N5O2. The summed E-state index contributed by atoms with van der Waals surface area (Å²) in [7, 11) is 0. The first kappa shape index (κ1) is 16.2. The Morgan fingerprint density at radius 3 is 2.88 bits per heavy atom. The molecule has 126 valence electrons. The molecule has 1 aliphatic heterocycles. The zero-order valence-corrected chi connectivity index (χ0v) is 13.7. The van der Waals surface area contributed by atoms with E-state index in [-0.39, 0.29) is 17.5 Å². The first-order valence-electron chi connectivity index (χ1n) is 8.20. The monoisotopic (exact) mass is 327 g/mol. The average Bonchev–Trinajstić information content (AvgIpc) is 2.62. The molecule has 0 radical (unpaired) electrons. The van der Waals surface area contributed by atoms with Gasteiger partial charge in [-0.3, -0.25) is 9.59 Å². The van der Waals surface area contributed by atoms with Gasteiger partial charge in [-0.1, -0.05) is 0 Å². The molecule has 1 amide bonds. The number of aromatic nitrogens is 3. The van der Waals surface area contributed by atoms with Crippen molar-refractivity contribution < 1.29 is 4.79 Å². The van der Waals surface area contributed by atoms with Gasteiger partial charge in [0.25, 0.3) is 11.5 Å². The normalized spacial score (nSPS) is 17.5. The van der Waals surface area contributed by atoms with Crippen LogP contribution in [0.2, 0.25) is 0 Å². The van der Waals surface area contributed by atoms with Gasteiger partial charge in [-0.15, -0.1) is 0 Å². The van der Waals surface area contributed by atoms with Gasteiger partial charge >= 0.3 is 0 Å².